The van der Waals surface area contributed by atoms with Crippen molar-refractivity contribution in [2.24, 2.45) is 0 Å². The number of hydrogen-bond donors (Lipinski definition) is 1. The number of carbonyl (C=O) groups is 1. The van der Waals surface area contributed by atoms with Gasteiger partial charge in [-0.2, -0.15) is 0 Å². The number of sulfone groups is 1. The van der Waals surface area contributed by atoms with Gasteiger partial charge in [0, 0.05) is 36.4 Å². The molecule has 2 aliphatic rings. The van der Waals surface area contributed by atoms with Gasteiger partial charge in [0.1, 0.15) is 0 Å². The Bertz CT molecular complexity index is 960. The van der Waals surface area contributed by atoms with E-state index in [-0.39, 0.29) is 10.8 Å². The van der Waals surface area contributed by atoms with Crippen molar-refractivity contribution in [3.8, 4) is 11.5 Å². The van der Waals surface area contributed by atoms with Gasteiger partial charge in [-0.1, -0.05) is 0 Å². The Morgan fingerprint density at radius 3 is 2.31 bits per heavy atom. The molecule has 26 heavy (non-hydrogen) atoms. The van der Waals surface area contributed by atoms with Crippen molar-refractivity contribution < 1.29 is 22.7 Å². The summed E-state index contributed by atoms with van der Waals surface area (Å²) in [5, 5.41) is 2.80. The Balaban J connectivity index is 1.49. The maximum Gasteiger partial charge on any atom is 0.255 e. The SMILES string of the molecule is CS(=O)(=O)c1ccc(C(=O)Nc2ccc3c(c2)OC2(CCCC2)O3)cc1. The standard InChI is InChI=1S/C19H19NO5S/c1-26(22,23)15-7-4-13(5-8-15)18(21)20-14-6-9-16-17(12-14)25-19(24-16)10-2-3-11-19/h4-9,12H,2-3,10-11H2,1H3,(H,20,21). The second kappa shape index (κ2) is 6.02. The Kier molecular flexibility index (Phi) is 3.91. The Morgan fingerprint density at radius 1 is 1.00 bits per heavy atom. The first-order valence-corrected chi connectivity index (χ1v) is 10.4. The van der Waals surface area contributed by atoms with E-state index in [9.17, 15) is 13.2 Å². The van der Waals surface area contributed by atoms with Crippen molar-refractivity contribution in [1.82, 2.24) is 0 Å². The summed E-state index contributed by atoms with van der Waals surface area (Å²) in [6, 6.07) is 11.1. The summed E-state index contributed by atoms with van der Waals surface area (Å²) >= 11 is 0. The van der Waals surface area contributed by atoms with Gasteiger partial charge in [0.25, 0.3) is 11.7 Å². The van der Waals surface area contributed by atoms with Crippen molar-refractivity contribution in [2.75, 3.05) is 11.6 Å². The molecular weight excluding hydrogens is 354 g/mol. The molecule has 0 bridgehead atoms. The highest BCUT2D eigenvalue weighted by Crippen LogP contribution is 2.47. The average molecular weight is 373 g/mol. The van der Waals surface area contributed by atoms with Gasteiger partial charge in [0.2, 0.25) is 0 Å². The van der Waals surface area contributed by atoms with E-state index in [1.807, 2.05) is 0 Å². The Morgan fingerprint density at radius 2 is 1.65 bits per heavy atom. The predicted octanol–water partition coefficient (Wildman–Crippen LogP) is 3.38. The number of carbonyl (C=O) groups excluding carboxylic acids is 1. The number of amides is 1. The van der Waals surface area contributed by atoms with Crippen LogP contribution in [0.4, 0.5) is 5.69 Å². The van der Waals surface area contributed by atoms with E-state index in [4.69, 9.17) is 9.47 Å². The highest BCUT2D eigenvalue weighted by Gasteiger charge is 2.44. The molecule has 7 heteroatoms. The zero-order valence-corrected chi connectivity index (χ0v) is 15.1. The van der Waals surface area contributed by atoms with Gasteiger partial charge in [-0.3, -0.25) is 4.79 Å². The molecule has 6 nitrogen and oxygen atoms in total. The first-order valence-electron chi connectivity index (χ1n) is 8.48. The lowest BCUT2D eigenvalue weighted by molar-refractivity contribution is -0.0716. The third kappa shape index (κ3) is 3.14. The van der Waals surface area contributed by atoms with Crippen LogP contribution in [0, 0.1) is 0 Å². The Hall–Kier alpha value is -2.54. The normalized spacial score (nSPS) is 17.4. The summed E-state index contributed by atoms with van der Waals surface area (Å²) in [6.45, 7) is 0. The highest BCUT2D eigenvalue weighted by molar-refractivity contribution is 7.90. The van der Waals surface area contributed by atoms with E-state index in [0.717, 1.165) is 31.9 Å². The van der Waals surface area contributed by atoms with Crippen molar-refractivity contribution in [2.45, 2.75) is 36.4 Å². The van der Waals surface area contributed by atoms with Crippen LogP contribution in [0.5, 0.6) is 11.5 Å². The van der Waals surface area contributed by atoms with Gasteiger partial charge in [0.15, 0.2) is 21.3 Å². The van der Waals surface area contributed by atoms with Crippen LogP contribution in [0.25, 0.3) is 0 Å². The molecule has 0 atom stereocenters. The molecule has 4 rings (SSSR count). The van der Waals surface area contributed by atoms with Crippen LogP contribution in [0.3, 0.4) is 0 Å². The Labute approximate surface area is 152 Å². The van der Waals surface area contributed by atoms with E-state index in [0.29, 0.717) is 22.7 Å². The fraction of sp³-hybridized carbons (Fsp3) is 0.316. The van der Waals surface area contributed by atoms with Gasteiger partial charge in [-0.05, 0) is 49.2 Å². The fourth-order valence-electron chi connectivity index (χ4n) is 3.35. The highest BCUT2D eigenvalue weighted by atomic mass is 32.2. The van der Waals surface area contributed by atoms with E-state index in [2.05, 4.69) is 5.32 Å². The lowest BCUT2D eigenvalue weighted by atomic mass is 10.2. The summed E-state index contributed by atoms with van der Waals surface area (Å²) in [5.74, 6) is 0.478. The van der Waals surface area contributed by atoms with Crippen molar-refractivity contribution in [3.63, 3.8) is 0 Å². The molecule has 1 aliphatic heterocycles. The second-order valence-electron chi connectivity index (χ2n) is 6.73. The maximum absolute atomic E-state index is 12.4. The summed E-state index contributed by atoms with van der Waals surface area (Å²) in [5.41, 5.74) is 0.974. The fourth-order valence-corrected chi connectivity index (χ4v) is 3.98. The lowest BCUT2D eigenvalue weighted by Crippen LogP contribution is -2.34. The topological polar surface area (TPSA) is 81.7 Å². The van der Waals surface area contributed by atoms with Crippen molar-refractivity contribution in [1.29, 1.82) is 0 Å². The van der Waals surface area contributed by atoms with Gasteiger partial charge in [0.05, 0.1) is 4.90 Å². The number of nitrogens with one attached hydrogen (secondary N) is 1. The number of anilines is 1. The molecule has 1 spiro atoms. The molecule has 2 aromatic carbocycles. The number of rotatable bonds is 3. The van der Waals surface area contributed by atoms with E-state index in [1.54, 1.807) is 18.2 Å². The third-order valence-electron chi connectivity index (χ3n) is 4.70. The third-order valence-corrected chi connectivity index (χ3v) is 5.83. The molecule has 0 aromatic heterocycles. The minimum Gasteiger partial charge on any atom is -0.448 e. The second-order valence-corrected chi connectivity index (χ2v) is 8.75. The molecule has 1 heterocycles. The van der Waals surface area contributed by atoms with Crippen LogP contribution in [0.1, 0.15) is 36.0 Å². The average Bonchev–Trinajstić information content (AvgIpc) is 3.20. The van der Waals surface area contributed by atoms with Crippen molar-refractivity contribution in [3.05, 3.63) is 48.0 Å². The summed E-state index contributed by atoms with van der Waals surface area (Å²) in [6.07, 6.45) is 5.04. The molecule has 1 aliphatic carbocycles. The molecule has 0 unspecified atom stereocenters. The minimum absolute atomic E-state index is 0.180. The zero-order chi connectivity index (χ0) is 18.4. The summed E-state index contributed by atoms with van der Waals surface area (Å²) < 4.78 is 34.9. The number of ether oxygens (including phenoxy) is 2. The maximum atomic E-state index is 12.4. The largest absolute Gasteiger partial charge is 0.448 e. The van der Waals surface area contributed by atoms with Crippen LogP contribution >= 0.6 is 0 Å². The van der Waals surface area contributed by atoms with Crippen LogP contribution in [0.15, 0.2) is 47.4 Å². The molecule has 0 saturated heterocycles. The molecule has 136 valence electrons. The monoisotopic (exact) mass is 373 g/mol. The molecule has 0 radical (unpaired) electrons. The summed E-state index contributed by atoms with van der Waals surface area (Å²) in [7, 11) is -3.28. The van der Waals surface area contributed by atoms with Crippen molar-refractivity contribution >= 4 is 21.4 Å². The van der Waals surface area contributed by atoms with E-state index >= 15 is 0 Å². The smallest absolute Gasteiger partial charge is 0.255 e. The molecule has 1 fully saturated rings. The van der Waals surface area contributed by atoms with Crippen LogP contribution in [-0.2, 0) is 9.84 Å². The number of hydrogen-bond acceptors (Lipinski definition) is 5. The van der Waals surface area contributed by atoms with Gasteiger partial charge < -0.3 is 14.8 Å². The molecule has 1 amide bonds. The van der Waals surface area contributed by atoms with E-state index in [1.165, 1.54) is 24.3 Å². The van der Waals surface area contributed by atoms with Gasteiger partial charge >= 0.3 is 0 Å². The van der Waals surface area contributed by atoms with Gasteiger partial charge in [-0.25, -0.2) is 8.42 Å². The van der Waals surface area contributed by atoms with Crippen LogP contribution in [0.2, 0.25) is 0 Å². The first-order chi connectivity index (χ1) is 12.3. The van der Waals surface area contributed by atoms with Crippen LogP contribution in [-0.4, -0.2) is 26.4 Å². The summed E-state index contributed by atoms with van der Waals surface area (Å²) in [4.78, 5) is 12.6. The van der Waals surface area contributed by atoms with Crippen LogP contribution < -0.4 is 14.8 Å². The zero-order valence-electron chi connectivity index (χ0n) is 14.3. The lowest BCUT2D eigenvalue weighted by Gasteiger charge is -2.21. The molecule has 1 saturated carbocycles. The minimum atomic E-state index is -3.28. The molecule has 2 aromatic rings. The number of fused-ring (bicyclic) bond motifs is 1. The van der Waals surface area contributed by atoms with Gasteiger partial charge in [-0.15, -0.1) is 0 Å². The molecular formula is C19H19NO5S. The van der Waals surface area contributed by atoms with E-state index < -0.39 is 15.6 Å². The number of benzene rings is 2. The quantitative estimate of drug-likeness (QED) is 0.892. The first kappa shape index (κ1) is 16.9. The molecule has 1 N–H and O–H groups in total. The predicted molar refractivity (Wildman–Crippen MR) is 96.4 cm³/mol.